The van der Waals surface area contributed by atoms with Crippen LogP contribution in [-0.4, -0.2) is 60.9 Å². The fourth-order valence-corrected chi connectivity index (χ4v) is 2.76. The Labute approximate surface area is 119 Å². The molecule has 0 bridgehead atoms. The molecule has 1 aliphatic rings. The third-order valence-electron chi connectivity index (χ3n) is 3.70. The Balaban J connectivity index is 2.21. The summed E-state index contributed by atoms with van der Waals surface area (Å²) in [4.78, 5) is 13.9. The zero-order valence-electron chi connectivity index (χ0n) is 12.2. The van der Waals surface area contributed by atoms with E-state index in [1.54, 1.807) is 11.8 Å². The number of nitrogens with zero attached hydrogens (tertiary/aromatic N) is 4. The highest BCUT2D eigenvalue weighted by Crippen LogP contribution is 2.23. The van der Waals surface area contributed by atoms with Crippen molar-refractivity contribution in [2.45, 2.75) is 24.5 Å². The van der Waals surface area contributed by atoms with Crippen molar-refractivity contribution in [2.75, 3.05) is 50.2 Å². The number of piperazine rings is 1. The van der Waals surface area contributed by atoms with E-state index < -0.39 is 0 Å². The minimum atomic E-state index is 0.611. The molecule has 0 saturated carbocycles. The van der Waals surface area contributed by atoms with Crippen molar-refractivity contribution in [1.82, 2.24) is 14.9 Å². The Morgan fingerprint density at radius 3 is 2.84 bits per heavy atom. The van der Waals surface area contributed by atoms with Crippen LogP contribution in [0.1, 0.15) is 13.3 Å². The molecule has 1 unspecified atom stereocenters. The number of hydrogen-bond acceptors (Lipinski definition) is 6. The highest BCUT2D eigenvalue weighted by atomic mass is 32.2. The molecule has 0 radical (unpaired) electrons. The predicted octanol–water partition coefficient (Wildman–Crippen LogP) is 1.77. The molecular weight excluding hydrogens is 258 g/mol. The van der Waals surface area contributed by atoms with Gasteiger partial charge in [-0.25, -0.2) is 9.97 Å². The van der Waals surface area contributed by atoms with Crippen LogP contribution in [0.15, 0.2) is 11.2 Å². The number of hydrogen-bond donors (Lipinski definition) is 1. The lowest BCUT2D eigenvalue weighted by molar-refractivity contribution is 0.213. The van der Waals surface area contributed by atoms with Gasteiger partial charge >= 0.3 is 0 Å². The second-order valence-electron chi connectivity index (χ2n) is 4.84. The maximum Gasteiger partial charge on any atom is 0.191 e. The Hall–Kier alpha value is -1.01. The van der Waals surface area contributed by atoms with Gasteiger partial charge in [0.1, 0.15) is 11.6 Å². The molecule has 6 heteroatoms. The first-order chi connectivity index (χ1) is 9.17. The van der Waals surface area contributed by atoms with Crippen LogP contribution in [0.5, 0.6) is 0 Å². The molecule has 1 N–H and O–H groups in total. The highest BCUT2D eigenvalue weighted by Gasteiger charge is 2.24. The molecule has 1 aliphatic heterocycles. The Morgan fingerprint density at radius 1 is 1.42 bits per heavy atom. The van der Waals surface area contributed by atoms with Gasteiger partial charge in [-0.2, -0.15) is 0 Å². The highest BCUT2D eigenvalue weighted by molar-refractivity contribution is 7.98. The lowest BCUT2D eigenvalue weighted by Crippen LogP contribution is -2.51. The fraction of sp³-hybridized carbons (Fsp3) is 0.692. The van der Waals surface area contributed by atoms with E-state index in [0.717, 1.165) is 36.4 Å². The smallest absolute Gasteiger partial charge is 0.191 e. The summed E-state index contributed by atoms with van der Waals surface area (Å²) in [6.45, 7) is 5.41. The lowest BCUT2D eigenvalue weighted by Gasteiger charge is -2.39. The summed E-state index contributed by atoms with van der Waals surface area (Å²) >= 11 is 1.58. The van der Waals surface area contributed by atoms with Crippen LogP contribution in [0.25, 0.3) is 0 Å². The van der Waals surface area contributed by atoms with E-state index in [2.05, 4.69) is 39.1 Å². The van der Waals surface area contributed by atoms with Crippen LogP contribution < -0.4 is 10.2 Å². The first-order valence-electron chi connectivity index (χ1n) is 6.74. The molecule has 1 aromatic rings. The first-order valence-corrected chi connectivity index (χ1v) is 7.96. The molecule has 1 fully saturated rings. The molecule has 0 aromatic carbocycles. The molecule has 106 valence electrons. The van der Waals surface area contributed by atoms with Gasteiger partial charge in [0, 0.05) is 38.8 Å². The van der Waals surface area contributed by atoms with Gasteiger partial charge in [0.05, 0.1) is 0 Å². The van der Waals surface area contributed by atoms with E-state index in [1.165, 1.54) is 6.42 Å². The van der Waals surface area contributed by atoms with Crippen molar-refractivity contribution in [3.63, 3.8) is 0 Å². The molecular formula is C13H23N5S. The third-order valence-corrected chi connectivity index (χ3v) is 4.25. The van der Waals surface area contributed by atoms with Gasteiger partial charge in [-0.3, -0.25) is 4.90 Å². The summed E-state index contributed by atoms with van der Waals surface area (Å²) in [5.74, 6) is 1.93. The number of anilines is 2. The molecule has 19 heavy (non-hydrogen) atoms. The summed E-state index contributed by atoms with van der Waals surface area (Å²) in [6, 6.07) is 2.65. The molecule has 5 nitrogen and oxygen atoms in total. The number of thioether (sulfide) groups is 1. The topological polar surface area (TPSA) is 44.3 Å². The summed E-state index contributed by atoms with van der Waals surface area (Å²) in [5.41, 5.74) is 0. The molecule has 1 saturated heterocycles. The van der Waals surface area contributed by atoms with Crippen LogP contribution in [0.2, 0.25) is 0 Å². The van der Waals surface area contributed by atoms with Crippen LogP contribution in [0.3, 0.4) is 0 Å². The van der Waals surface area contributed by atoms with Gasteiger partial charge in [0.15, 0.2) is 5.16 Å². The zero-order chi connectivity index (χ0) is 13.8. The predicted molar refractivity (Wildman–Crippen MR) is 82.3 cm³/mol. The minimum absolute atomic E-state index is 0.611. The standard InChI is InChI=1S/C13H23N5S/c1-5-10-9-18(7-6-17(10)3)12-8-11(14-2)15-13(16-12)19-4/h8,10H,5-7,9H2,1-4H3,(H,14,15,16). The van der Waals surface area contributed by atoms with E-state index in [4.69, 9.17) is 0 Å². The quantitative estimate of drug-likeness (QED) is 0.670. The van der Waals surface area contributed by atoms with Crippen molar-refractivity contribution in [3.05, 3.63) is 6.07 Å². The first kappa shape index (κ1) is 14.4. The molecule has 2 heterocycles. The number of aromatic nitrogens is 2. The van der Waals surface area contributed by atoms with Crippen molar-refractivity contribution < 1.29 is 0 Å². The summed E-state index contributed by atoms with van der Waals surface area (Å²) in [5, 5.41) is 3.94. The molecule has 0 aliphatic carbocycles. The molecule has 1 aromatic heterocycles. The molecule has 0 spiro atoms. The summed E-state index contributed by atoms with van der Waals surface area (Å²) in [7, 11) is 4.10. The Kier molecular flexibility index (Phi) is 4.87. The SMILES string of the molecule is CCC1CN(c2cc(NC)nc(SC)n2)CCN1C. The average Bonchev–Trinajstić information content (AvgIpc) is 2.47. The van der Waals surface area contributed by atoms with Crippen molar-refractivity contribution >= 4 is 23.4 Å². The van der Waals surface area contributed by atoms with Crippen molar-refractivity contribution in [2.24, 2.45) is 0 Å². The van der Waals surface area contributed by atoms with Gasteiger partial charge in [-0.1, -0.05) is 18.7 Å². The molecule has 0 amide bonds. The minimum Gasteiger partial charge on any atom is -0.373 e. The summed E-state index contributed by atoms with van der Waals surface area (Å²) < 4.78 is 0. The van der Waals surface area contributed by atoms with Gasteiger partial charge in [-0.05, 0) is 19.7 Å². The van der Waals surface area contributed by atoms with Crippen molar-refractivity contribution in [3.8, 4) is 0 Å². The fourth-order valence-electron chi connectivity index (χ4n) is 2.39. The Bertz CT molecular complexity index is 403. The van der Waals surface area contributed by atoms with Gasteiger partial charge in [-0.15, -0.1) is 0 Å². The largest absolute Gasteiger partial charge is 0.373 e. The second-order valence-corrected chi connectivity index (χ2v) is 5.61. The van der Waals surface area contributed by atoms with E-state index in [9.17, 15) is 0 Å². The van der Waals surface area contributed by atoms with Gasteiger partial charge < -0.3 is 10.2 Å². The number of nitrogens with one attached hydrogen (secondary N) is 1. The zero-order valence-corrected chi connectivity index (χ0v) is 13.0. The van der Waals surface area contributed by atoms with Crippen LogP contribution in [0.4, 0.5) is 11.6 Å². The third kappa shape index (κ3) is 3.30. The number of likely N-dealkylation sites (N-methyl/N-ethyl adjacent to an activating group) is 1. The normalized spacial score (nSPS) is 20.6. The monoisotopic (exact) mass is 281 g/mol. The van der Waals surface area contributed by atoms with Crippen LogP contribution in [0, 0.1) is 0 Å². The van der Waals surface area contributed by atoms with Gasteiger partial charge in [0.2, 0.25) is 0 Å². The van der Waals surface area contributed by atoms with Gasteiger partial charge in [0.25, 0.3) is 0 Å². The van der Waals surface area contributed by atoms with Crippen molar-refractivity contribution in [1.29, 1.82) is 0 Å². The molecule has 1 atom stereocenters. The van der Waals surface area contributed by atoms with E-state index in [1.807, 2.05) is 19.4 Å². The van der Waals surface area contributed by atoms with Crippen LogP contribution >= 0.6 is 11.8 Å². The summed E-state index contributed by atoms with van der Waals surface area (Å²) in [6.07, 6.45) is 3.18. The maximum atomic E-state index is 4.64. The number of rotatable bonds is 4. The van der Waals surface area contributed by atoms with Crippen LogP contribution in [-0.2, 0) is 0 Å². The van der Waals surface area contributed by atoms with E-state index in [0.29, 0.717) is 6.04 Å². The second kappa shape index (κ2) is 6.43. The Morgan fingerprint density at radius 2 is 2.21 bits per heavy atom. The molecule has 2 rings (SSSR count). The van der Waals surface area contributed by atoms with E-state index in [-0.39, 0.29) is 0 Å². The average molecular weight is 281 g/mol. The maximum absolute atomic E-state index is 4.64. The van der Waals surface area contributed by atoms with E-state index >= 15 is 0 Å². The lowest BCUT2D eigenvalue weighted by atomic mass is 10.1.